The average molecular weight is 393 g/mol. The van der Waals surface area contributed by atoms with Crippen LogP contribution in [0.2, 0.25) is 0 Å². The van der Waals surface area contributed by atoms with Crippen LogP contribution in [-0.4, -0.2) is 42.1 Å². The largest absolute Gasteiger partial charge is 0.491 e. The SMILES string of the molecule is Cc1cccc(NC(=O)N2CCCC2COc2ccc(C(=O)NC3CC3)cc2)c1. The first-order valence-electron chi connectivity index (χ1n) is 10.3. The minimum Gasteiger partial charge on any atom is -0.491 e. The van der Waals surface area contributed by atoms with Crippen LogP contribution in [0.1, 0.15) is 41.6 Å². The van der Waals surface area contributed by atoms with Crippen LogP contribution in [0, 0.1) is 6.92 Å². The van der Waals surface area contributed by atoms with E-state index in [0.717, 1.165) is 43.5 Å². The second-order valence-electron chi connectivity index (χ2n) is 7.87. The Hall–Kier alpha value is -3.02. The highest BCUT2D eigenvalue weighted by Gasteiger charge is 2.29. The summed E-state index contributed by atoms with van der Waals surface area (Å²) in [6, 6.07) is 15.3. The molecule has 1 saturated carbocycles. The summed E-state index contributed by atoms with van der Waals surface area (Å²) in [7, 11) is 0. The van der Waals surface area contributed by atoms with Gasteiger partial charge in [0.05, 0.1) is 6.04 Å². The number of rotatable bonds is 6. The molecule has 1 aliphatic heterocycles. The molecule has 2 fully saturated rings. The summed E-state index contributed by atoms with van der Waals surface area (Å²) < 4.78 is 5.91. The van der Waals surface area contributed by atoms with Crippen LogP contribution >= 0.6 is 0 Å². The number of amides is 3. The van der Waals surface area contributed by atoms with E-state index in [4.69, 9.17) is 4.74 Å². The molecule has 1 unspecified atom stereocenters. The molecule has 1 heterocycles. The Morgan fingerprint density at radius 1 is 1.10 bits per heavy atom. The Labute approximate surface area is 171 Å². The second-order valence-corrected chi connectivity index (χ2v) is 7.87. The fraction of sp³-hybridized carbons (Fsp3) is 0.391. The number of likely N-dealkylation sites (tertiary alicyclic amines) is 1. The number of carbonyl (C=O) groups excluding carboxylic acids is 2. The number of hydrogen-bond donors (Lipinski definition) is 2. The monoisotopic (exact) mass is 393 g/mol. The van der Waals surface area contributed by atoms with E-state index in [9.17, 15) is 9.59 Å². The molecular weight excluding hydrogens is 366 g/mol. The number of anilines is 1. The third-order valence-electron chi connectivity index (χ3n) is 5.38. The zero-order valence-corrected chi connectivity index (χ0v) is 16.7. The van der Waals surface area contributed by atoms with Crippen LogP contribution in [0.25, 0.3) is 0 Å². The number of carbonyl (C=O) groups is 2. The Morgan fingerprint density at radius 2 is 1.90 bits per heavy atom. The van der Waals surface area contributed by atoms with Gasteiger partial charge in [0.15, 0.2) is 0 Å². The molecule has 2 aromatic carbocycles. The third-order valence-corrected chi connectivity index (χ3v) is 5.38. The quantitative estimate of drug-likeness (QED) is 0.780. The molecule has 3 amide bonds. The molecule has 0 radical (unpaired) electrons. The topological polar surface area (TPSA) is 70.7 Å². The standard InChI is InChI=1S/C23H27N3O3/c1-16-4-2-5-19(14-16)25-23(28)26-13-3-6-20(26)15-29-21-11-7-17(8-12-21)22(27)24-18-9-10-18/h2,4-5,7-8,11-12,14,18,20H,3,6,9-10,13,15H2,1H3,(H,24,27)(H,25,28). The number of nitrogens with zero attached hydrogens (tertiary/aromatic N) is 1. The maximum absolute atomic E-state index is 12.7. The van der Waals surface area contributed by atoms with E-state index in [1.807, 2.05) is 48.2 Å². The predicted octanol–water partition coefficient (Wildman–Crippen LogP) is 3.96. The summed E-state index contributed by atoms with van der Waals surface area (Å²) in [5.74, 6) is 0.674. The zero-order valence-electron chi connectivity index (χ0n) is 16.7. The summed E-state index contributed by atoms with van der Waals surface area (Å²) in [5, 5.41) is 5.96. The van der Waals surface area contributed by atoms with Crippen LogP contribution in [0.3, 0.4) is 0 Å². The van der Waals surface area contributed by atoms with Crippen LogP contribution in [-0.2, 0) is 0 Å². The van der Waals surface area contributed by atoms with Crippen molar-refractivity contribution in [2.24, 2.45) is 0 Å². The van der Waals surface area contributed by atoms with Crippen LogP contribution in [0.5, 0.6) is 5.75 Å². The van der Waals surface area contributed by atoms with Gasteiger partial charge >= 0.3 is 6.03 Å². The lowest BCUT2D eigenvalue weighted by molar-refractivity contribution is 0.0951. The molecule has 6 heteroatoms. The Bertz CT molecular complexity index is 877. The lowest BCUT2D eigenvalue weighted by Gasteiger charge is -2.25. The molecule has 2 N–H and O–H groups in total. The van der Waals surface area contributed by atoms with E-state index < -0.39 is 0 Å². The van der Waals surface area contributed by atoms with Gasteiger partial charge in [0.2, 0.25) is 0 Å². The van der Waals surface area contributed by atoms with E-state index in [1.165, 1.54) is 0 Å². The van der Waals surface area contributed by atoms with Gasteiger partial charge in [-0.25, -0.2) is 4.79 Å². The molecule has 6 nitrogen and oxygen atoms in total. The number of aryl methyl sites for hydroxylation is 1. The summed E-state index contributed by atoms with van der Waals surface area (Å²) in [4.78, 5) is 26.6. The minimum atomic E-state index is -0.0891. The molecule has 0 aromatic heterocycles. The maximum Gasteiger partial charge on any atom is 0.322 e. The Kier molecular flexibility index (Phi) is 5.69. The van der Waals surface area contributed by atoms with Gasteiger partial charge in [0.25, 0.3) is 5.91 Å². The molecule has 0 bridgehead atoms. The lowest BCUT2D eigenvalue weighted by Crippen LogP contribution is -2.41. The molecule has 152 valence electrons. The van der Waals surface area contributed by atoms with Gasteiger partial charge in [-0.05, 0) is 74.6 Å². The number of benzene rings is 2. The molecule has 0 spiro atoms. The highest BCUT2D eigenvalue weighted by atomic mass is 16.5. The van der Waals surface area contributed by atoms with Gasteiger partial charge in [-0.2, -0.15) is 0 Å². The number of urea groups is 1. The molecule has 2 aliphatic rings. The smallest absolute Gasteiger partial charge is 0.322 e. The molecule has 29 heavy (non-hydrogen) atoms. The predicted molar refractivity (Wildman–Crippen MR) is 112 cm³/mol. The van der Waals surface area contributed by atoms with E-state index in [-0.39, 0.29) is 18.0 Å². The van der Waals surface area contributed by atoms with E-state index in [2.05, 4.69) is 10.6 Å². The van der Waals surface area contributed by atoms with Gasteiger partial charge in [-0.3, -0.25) is 4.79 Å². The highest BCUT2D eigenvalue weighted by Crippen LogP contribution is 2.22. The molecule has 1 aliphatic carbocycles. The second kappa shape index (κ2) is 8.55. The van der Waals surface area contributed by atoms with Crippen molar-refractivity contribution in [2.45, 2.75) is 44.7 Å². The molecule has 2 aromatic rings. The normalized spacial score (nSPS) is 18.4. The number of hydrogen-bond acceptors (Lipinski definition) is 3. The first-order chi connectivity index (χ1) is 14.1. The van der Waals surface area contributed by atoms with Gasteiger partial charge < -0.3 is 20.3 Å². The van der Waals surface area contributed by atoms with Crippen molar-refractivity contribution in [2.75, 3.05) is 18.5 Å². The molecule has 1 atom stereocenters. The first-order valence-corrected chi connectivity index (χ1v) is 10.3. The van der Waals surface area contributed by atoms with Gasteiger partial charge in [0.1, 0.15) is 12.4 Å². The average Bonchev–Trinajstić information content (AvgIpc) is 3.39. The van der Waals surface area contributed by atoms with Crippen LogP contribution in [0.15, 0.2) is 48.5 Å². The Morgan fingerprint density at radius 3 is 2.62 bits per heavy atom. The maximum atomic E-state index is 12.7. The Balaban J connectivity index is 1.30. The number of ether oxygens (including phenoxy) is 1. The van der Waals surface area contributed by atoms with Gasteiger partial charge in [-0.1, -0.05) is 12.1 Å². The highest BCUT2D eigenvalue weighted by molar-refractivity contribution is 5.94. The van der Waals surface area contributed by atoms with Crippen molar-refractivity contribution in [3.05, 3.63) is 59.7 Å². The van der Waals surface area contributed by atoms with E-state index >= 15 is 0 Å². The minimum absolute atomic E-state index is 0.0335. The van der Waals surface area contributed by atoms with Crippen LogP contribution < -0.4 is 15.4 Å². The molecular formula is C23H27N3O3. The summed E-state index contributed by atoms with van der Waals surface area (Å²) >= 11 is 0. The van der Waals surface area contributed by atoms with Crippen molar-refractivity contribution in [3.8, 4) is 5.75 Å². The van der Waals surface area contributed by atoms with Gasteiger partial charge in [-0.15, -0.1) is 0 Å². The van der Waals surface area contributed by atoms with E-state index in [1.54, 1.807) is 12.1 Å². The van der Waals surface area contributed by atoms with Crippen LogP contribution in [0.4, 0.5) is 10.5 Å². The van der Waals surface area contributed by atoms with Crippen molar-refractivity contribution >= 4 is 17.6 Å². The number of nitrogens with one attached hydrogen (secondary N) is 2. The van der Waals surface area contributed by atoms with Crippen molar-refractivity contribution in [1.82, 2.24) is 10.2 Å². The van der Waals surface area contributed by atoms with E-state index in [0.29, 0.717) is 24.0 Å². The summed E-state index contributed by atoms with van der Waals surface area (Å²) in [5.41, 5.74) is 2.56. The van der Waals surface area contributed by atoms with Gasteiger partial charge in [0, 0.05) is 23.8 Å². The molecule has 4 rings (SSSR count). The third kappa shape index (κ3) is 5.08. The zero-order chi connectivity index (χ0) is 20.2. The lowest BCUT2D eigenvalue weighted by atomic mass is 10.2. The summed E-state index contributed by atoms with van der Waals surface area (Å²) in [6.45, 7) is 3.17. The van der Waals surface area contributed by atoms with Crippen molar-refractivity contribution in [3.63, 3.8) is 0 Å². The first kappa shape index (κ1) is 19.3. The van der Waals surface area contributed by atoms with Crippen molar-refractivity contribution < 1.29 is 14.3 Å². The fourth-order valence-corrected chi connectivity index (χ4v) is 3.59. The molecule has 1 saturated heterocycles. The van der Waals surface area contributed by atoms with Crippen molar-refractivity contribution in [1.29, 1.82) is 0 Å². The summed E-state index contributed by atoms with van der Waals surface area (Å²) in [6.07, 6.45) is 4.03. The fourth-order valence-electron chi connectivity index (χ4n) is 3.59.